The lowest BCUT2D eigenvalue weighted by molar-refractivity contribution is -0.139. The number of amides is 1. The molecule has 1 saturated heterocycles. The van der Waals surface area contributed by atoms with Crippen LogP contribution in [0.2, 0.25) is 0 Å². The lowest BCUT2D eigenvalue weighted by Gasteiger charge is -2.30. The molecule has 3 heteroatoms. The first kappa shape index (κ1) is 6.55. The van der Waals surface area contributed by atoms with Crippen LogP contribution >= 0.6 is 0 Å². The van der Waals surface area contributed by atoms with Crippen LogP contribution in [0.5, 0.6) is 0 Å². The van der Waals surface area contributed by atoms with E-state index < -0.39 is 0 Å². The monoisotopic (exact) mass is 128 g/mol. The quantitative estimate of drug-likeness (QED) is 0.524. The van der Waals surface area contributed by atoms with Gasteiger partial charge >= 0.3 is 0 Å². The first-order valence-electron chi connectivity index (χ1n) is 3.32. The molecule has 0 aromatic rings. The largest absolute Gasteiger partial charge is 0.342 e. The number of nitrogens with two attached hydrogens (primary N) is 1. The van der Waals surface area contributed by atoms with E-state index in [0.717, 1.165) is 25.9 Å². The highest BCUT2D eigenvalue weighted by molar-refractivity contribution is 5.81. The SMILES string of the molecule is NCCCN1CCC1=O. The van der Waals surface area contributed by atoms with E-state index in [1.807, 2.05) is 4.90 Å². The average molecular weight is 128 g/mol. The number of carbonyl (C=O) groups excluding carboxylic acids is 1. The van der Waals surface area contributed by atoms with E-state index in [4.69, 9.17) is 5.73 Å². The Hall–Kier alpha value is -0.570. The summed E-state index contributed by atoms with van der Waals surface area (Å²) >= 11 is 0. The Kier molecular flexibility index (Phi) is 2.05. The van der Waals surface area contributed by atoms with Crippen LogP contribution in [0.4, 0.5) is 0 Å². The van der Waals surface area contributed by atoms with Crippen molar-refractivity contribution in [3.63, 3.8) is 0 Å². The molecule has 0 aliphatic carbocycles. The number of likely N-dealkylation sites (tertiary alicyclic amines) is 1. The van der Waals surface area contributed by atoms with Crippen molar-refractivity contribution >= 4 is 5.91 Å². The average Bonchev–Trinajstić information content (AvgIpc) is 1.86. The molecule has 0 aromatic carbocycles. The van der Waals surface area contributed by atoms with Crippen LogP contribution in [0.15, 0.2) is 0 Å². The molecule has 0 aromatic heterocycles. The summed E-state index contributed by atoms with van der Waals surface area (Å²) in [5.74, 6) is 0.281. The molecule has 3 nitrogen and oxygen atoms in total. The molecular formula is C6H12N2O. The Morgan fingerprint density at radius 3 is 2.78 bits per heavy atom. The van der Waals surface area contributed by atoms with Gasteiger partial charge in [-0.1, -0.05) is 0 Å². The maximum atomic E-state index is 10.6. The summed E-state index contributed by atoms with van der Waals surface area (Å²) in [7, 11) is 0. The highest BCUT2D eigenvalue weighted by Crippen LogP contribution is 2.07. The smallest absolute Gasteiger partial charge is 0.224 e. The molecule has 0 saturated carbocycles. The Bertz CT molecular complexity index is 114. The van der Waals surface area contributed by atoms with Gasteiger partial charge in [0.1, 0.15) is 0 Å². The number of nitrogens with zero attached hydrogens (tertiary/aromatic N) is 1. The van der Waals surface area contributed by atoms with E-state index in [9.17, 15) is 4.79 Å². The minimum atomic E-state index is 0.281. The van der Waals surface area contributed by atoms with Crippen molar-refractivity contribution in [2.45, 2.75) is 12.8 Å². The molecule has 0 spiro atoms. The van der Waals surface area contributed by atoms with Crippen LogP contribution in [0.1, 0.15) is 12.8 Å². The molecule has 0 bridgehead atoms. The van der Waals surface area contributed by atoms with Crippen LogP contribution in [0.3, 0.4) is 0 Å². The van der Waals surface area contributed by atoms with Gasteiger partial charge in [-0.25, -0.2) is 0 Å². The third kappa shape index (κ3) is 1.42. The molecular weight excluding hydrogens is 116 g/mol. The molecule has 1 rings (SSSR count). The zero-order valence-corrected chi connectivity index (χ0v) is 5.47. The van der Waals surface area contributed by atoms with Gasteiger partial charge in [0.25, 0.3) is 0 Å². The number of hydrogen-bond acceptors (Lipinski definition) is 2. The maximum Gasteiger partial charge on any atom is 0.224 e. The minimum Gasteiger partial charge on any atom is -0.342 e. The standard InChI is InChI=1S/C6H12N2O/c7-3-1-4-8-5-2-6(8)9/h1-5,7H2. The highest BCUT2D eigenvalue weighted by atomic mass is 16.2. The van der Waals surface area contributed by atoms with Crippen LogP contribution in [0.25, 0.3) is 0 Å². The zero-order valence-electron chi connectivity index (χ0n) is 5.47. The van der Waals surface area contributed by atoms with E-state index in [1.54, 1.807) is 0 Å². The lowest BCUT2D eigenvalue weighted by Crippen LogP contribution is -2.44. The molecule has 1 aliphatic heterocycles. The minimum absolute atomic E-state index is 0.281. The fraction of sp³-hybridized carbons (Fsp3) is 0.833. The third-order valence-corrected chi connectivity index (χ3v) is 1.58. The van der Waals surface area contributed by atoms with Gasteiger partial charge in [-0.15, -0.1) is 0 Å². The fourth-order valence-electron chi connectivity index (χ4n) is 0.880. The molecule has 1 fully saturated rings. The number of hydrogen-bond donors (Lipinski definition) is 1. The van der Waals surface area contributed by atoms with E-state index in [0.29, 0.717) is 6.54 Å². The second-order valence-corrected chi connectivity index (χ2v) is 2.27. The zero-order chi connectivity index (χ0) is 6.69. The van der Waals surface area contributed by atoms with Gasteiger partial charge in [0.15, 0.2) is 0 Å². The Labute approximate surface area is 54.8 Å². The van der Waals surface area contributed by atoms with Crippen molar-refractivity contribution < 1.29 is 4.79 Å². The molecule has 0 atom stereocenters. The maximum absolute atomic E-state index is 10.6. The van der Waals surface area contributed by atoms with Crippen molar-refractivity contribution in [3.05, 3.63) is 0 Å². The Balaban J connectivity index is 2.06. The van der Waals surface area contributed by atoms with Crippen LogP contribution in [-0.4, -0.2) is 30.4 Å². The van der Waals surface area contributed by atoms with Gasteiger partial charge in [0.05, 0.1) is 0 Å². The first-order chi connectivity index (χ1) is 4.34. The van der Waals surface area contributed by atoms with Crippen LogP contribution in [-0.2, 0) is 4.79 Å². The van der Waals surface area contributed by atoms with Gasteiger partial charge in [-0.3, -0.25) is 4.79 Å². The topological polar surface area (TPSA) is 46.3 Å². The van der Waals surface area contributed by atoms with Gasteiger partial charge in [0.2, 0.25) is 5.91 Å². The highest BCUT2D eigenvalue weighted by Gasteiger charge is 2.21. The molecule has 0 unspecified atom stereocenters. The number of β-lactam (4-membered cyclic amide) rings is 1. The van der Waals surface area contributed by atoms with Gasteiger partial charge < -0.3 is 10.6 Å². The summed E-state index contributed by atoms with van der Waals surface area (Å²) in [5.41, 5.74) is 5.26. The van der Waals surface area contributed by atoms with Crippen molar-refractivity contribution in [2.75, 3.05) is 19.6 Å². The van der Waals surface area contributed by atoms with E-state index >= 15 is 0 Å². The molecule has 0 radical (unpaired) electrons. The van der Waals surface area contributed by atoms with Gasteiger partial charge in [-0.05, 0) is 13.0 Å². The van der Waals surface area contributed by atoms with Crippen LogP contribution < -0.4 is 5.73 Å². The molecule has 2 N–H and O–H groups in total. The van der Waals surface area contributed by atoms with Crippen molar-refractivity contribution in [1.29, 1.82) is 0 Å². The van der Waals surface area contributed by atoms with Crippen molar-refractivity contribution in [3.8, 4) is 0 Å². The van der Waals surface area contributed by atoms with Gasteiger partial charge in [-0.2, -0.15) is 0 Å². The van der Waals surface area contributed by atoms with E-state index in [1.165, 1.54) is 0 Å². The normalized spacial score (nSPS) is 17.9. The summed E-state index contributed by atoms with van der Waals surface area (Å²) in [6.45, 7) is 2.48. The fourth-order valence-corrected chi connectivity index (χ4v) is 0.880. The molecule has 9 heavy (non-hydrogen) atoms. The number of carbonyl (C=O) groups is 1. The van der Waals surface area contributed by atoms with Crippen LogP contribution in [0, 0.1) is 0 Å². The van der Waals surface area contributed by atoms with E-state index in [-0.39, 0.29) is 5.91 Å². The molecule has 52 valence electrons. The first-order valence-corrected chi connectivity index (χ1v) is 3.32. The second kappa shape index (κ2) is 2.82. The second-order valence-electron chi connectivity index (χ2n) is 2.27. The summed E-state index contributed by atoms with van der Waals surface area (Å²) in [4.78, 5) is 12.5. The Morgan fingerprint density at radius 1 is 1.67 bits per heavy atom. The van der Waals surface area contributed by atoms with Crippen molar-refractivity contribution in [2.24, 2.45) is 5.73 Å². The summed E-state index contributed by atoms with van der Waals surface area (Å²) < 4.78 is 0. The third-order valence-electron chi connectivity index (χ3n) is 1.58. The number of rotatable bonds is 3. The molecule has 1 aliphatic rings. The Morgan fingerprint density at radius 2 is 2.44 bits per heavy atom. The van der Waals surface area contributed by atoms with E-state index in [2.05, 4.69) is 0 Å². The summed E-state index contributed by atoms with van der Waals surface area (Å²) in [6.07, 6.45) is 1.68. The van der Waals surface area contributed by atoms with Gasteiger partial charge in [0, 0.05) is 19.5 Å². The summed E-state index contributed by atoms with van der Waals surface area (Å²) in [6, 6.07) is 0. The molecule has 1 amide bonds. The molecule has 1 heterocycles. The predicted molar refractivity (Wildman–Crippen MR) is 34.9 cm³/mol. The lowest BCUT2D eigenvalue weighted by atomic mass is 10.2. The van der Waals surface area contributed by atoms with Crippen molar-refractivity contribution in [1.82, 2.24) is 4.90 Å². The predicted octanol–water partition coefficient (Wildman–Crippen LogP) is -0.432. The summed E-state index contributed by atoms with van der Waals surface area (Å²) in [5, 5.41) is 0.